The fourth-order valence-electron chi connectivity index (χ4n) is 10.3. The number of benzene rings is 12. The summed E-state index contributed by atoms with van der Waals surface area (Å²) in [5.41, 5.74) is 10.7. The number of hydrogen-bond acceptors (Lipinski definition) is 2. The zero-order valence-corrected chi connectivity index (χ0v) is 28.8. The van der Waals surface area contributed by atoms with Crippen molar-refractivity contribution in [3.05, 3.63) is 158 Å². The Morgan fingerprint density at radius 2 is 0.667 bits per heavy atom. The molecule has 0 atom stereocenters. The monoisotopic (exact) mass is 682 g/mol. The predicted molar refractivity (Wildman–Crippen MR) is 227 cm³/mol. The van der Waals surface area contributed by atoms with Crippen LogP contribution in [0.2, 0.25) is 0 Å². The minimum absolute atomic E-state index is 0.878. The SMILES string of the molecule is c1ccc(-c2cc3cccc4c5ccc6oc7cc8c9cc(-c%10ccccc%10)cc%10cccc(c%11ccc%12oc%13cc(c(c2)c34)c5c6c%13-c7c%12c%118)c%109)cc1. The summed E-state index contributed by atoms with van der Waals surface area (Å²) in [5.74, 6) is 0. The zero-order chi connectivity index (χ0) is 34.8. The van der Waals surface area contributed by atoms with Gasteiger partial charge in [-0.05, 0) is 148 Å². The Morgan fingerprint density at radius 3 is 1.13 bits per heavy atom. The first-order valence-electron chi connectivity index (χ1n) is 18.7. The number of fused-ring (bicyclic) bond motifs is 4. The van der Waals surface area contributed by atoms with E-state index in [-0.39, 0.29) is 0 Å². The molecule has 2 heterocycles. The predicted octanol–water partition coefficient (Wildman–Crippen LogP) is 15.2. The average molecular weight is 683 g/mol. The molecule has 0 unspecified atom stereocenters. The summed E-state index contributed by atoms with van der Waals surface area (Å²) in [6.45, 7) is 0. The Kier molecular flexibility index (Phi) is 4.80. The lowest BCUT2D eigenvalue weighted by atomic mass is 9.81. The topological polar surface area (TPSA) is 26.3 Å². The van der Waals surface area contributed by atoms with Crippen molar-refractivity contribution < 1.29 is 8.83 Å². The number of hydrogen-bond donors (Lipinski definition) is 0. The van der Waals surface area contributed by atoms with E-state index in [1.165, 1.54) is 97.7 Å². The molecule has 0 N–H and O–H groups in total. The van der Waals surface area contributed by atoms with Crippen molar-refractivity contribution in [1.82, 2.24) is 0 Å². The van der Waals surface area contributed by atoms with E-state index in [9.17, 15) is 0 Å². The highest BCUT2D eigenvalue weighted by atomic mass is 16.3. The van der Waals surface area contributed by atoms with Crippen molar-refractivity contribution in [3.8, 4) is 33.4 Å². The first-order chi connectivity index (χ1) is 26.8. The molecule has 54 heavy (non-hydrogen) atoms. The molecule has 2 aliphatic rings. The van der Waals surface area contributed by atoms with Crippen LogP contribution < -0.4 is 0 Å². The Hall–Kier alpha value is -7.16. The summed E-state index contributed by atoms with van der Waals surface area (Å²) in [6, 6.07) is 57.8. The lowest BCUT2D eigenvalue weighted by Crippen LogP contribution is -1.98. The molecule has 0 aromatic heterocycles. The second-order valence-electron chi connectivity index (χ2n) is 15.1. The van der Waals surface area contributed by atoms with Gasteiger partial charge in [-0.25, -0.2) is 0 Å². The fourth-order valence-corrected chi connectivity index (χ4v) is 10.3. The molecule has 0 aliphatic carbocycles. The Morgan fingerprint density at radius 1 is 0.241 bits per heavy atom. The second-order valence-corrected chi connectivity index (χ2v) is 15.1. The molecular weight excluding hydrogens is 657 g/mol. The Labute approximate surface area is 307 Å². The van der Waals surface area contributed by atoms with Gasteiger partial charge in [0, 0.05) is 32.7 Å². The van der Waals surface area contributed by atoms with Crippen molar-refractivity contribution in [2.75, 3.05) is 0 Å². The molecule has 12 aromatic carbocycles. The lowest BCUT2D eigenvalue weighted by molar-refractivity contribution is 0.647. The van der Waals surface area contributed by atoms with Gasteiger partial charge in [0.25, 0.3) is 0 Å². The van der Waals surface area contributed by atoms with Gasteiger partial charge < -0.3 is 8.83 Å². The van der Waals surface area contributed by atoms with Crippen LogP contribution in [0.4, 0.5) is 0 Å². The van der Waals surface area contributed by atoms with Gasteiger partial charge in [-0.3, -0.25) is 0 Å². The molecule has 246 valence electrons. The largest absolute Gasteiger partial charge is 0.456 e. The molecule has 0 saturated heterocycles. The van der Waals surface area contributed by atoms with E-state index in [1.54, 1.807) is 0 Å². The molecule has 0 radical (unpaired) electrons. The smallest absolute Gasteiger partial charge is 0.136 e. The van der Waals surface area contributed by atoms with Crippen LogP contribution in [-0.2, 0) is 0 Å². The maximum absolute atomic E-state index is 7.12. The van der Waals surface area contributed by atoms with E-state index in [4.69, 9.17) is 8.83 Å². The van der Waals surface area contributed by atoms with Crippen molar-refractivity contribution >= 4 is 109 Å². The van der Waals surface area contributed by atoms with Gasteiger partial charge in [-0.2, -0.15) is 0 Å². The van der Waals surface area contributed by atoms with E-state index in [2.05, 4.69) is 158 Å². The minimum atomic E-state index is 0.878. The van der Waals surface area contributed by atoms with Crippen molar-refractivity contribution in [2.24, 2.45) is 0 Å². The lowest BCUT2D eigenvalue weighted by Gasteiger charge is -2.24. The van der Waals surface area contributed by atoms with Crippen LogP contribution in [0.3, 0.4) is 0 Å². The highest BCUT2D eigenvalue weighted by molar-refractivity contribution is 6.42. The molecule has 2 aliphatic heterocycles. The molecule has 0 bridgehead atoms. The van der Waals surface area contributed by atoms with E-state index in [0.29, 0.717) is 0 Å². The summed E-state index contributed by atoms with van der Waals surface area (Å²) < 4.78 is 14.2. The van der Waals surface area contributed by atoms with Gasteiger partial charge in [0.15, 0.2) is 0 Å². The van der Waals surface area contributed by atoms with E-state index in [0.717, 1.165) is 44.2 Å². The quantitative estimate of drug-likeness (QED) is 0.134. The first-order valence-corrected chi connectivity index (χ1v) is 18.7. The third-order valence-electron chi connectivity index (χ3n) is 12.4. The van der Waals surface area contributed by atoms with Crippen LogP contribution in [0.15, 0.2) is 167 Å². The third-order valence-corrected chi connectivity index (χ3v) is 12.4. The Bertz CT molecular complexity index is 3560. The Balaban J connectivity index is 1.19. The normalized spacial score (nSPS) is 12.8. The van der Waals surface area contributed by atoms with Crippen LogP contribution in [0.25, 0.3) is 142 Å². The van der Waals surface area contributed by atoms with Gasteiger partial charge in [-0.15, -0.1) is 0 Å². The molecule has 0 amide bonds. The summed E-state index contributed by atoms with van der Waals surface area (Å²) in [7, 11) is 0. The van der Waals surface area contributed by atoms with Gasteiger partial charge in [0.05, 0.1) is 0 Å². The van der Waals surface area contributed by atoms with E-state index < -0.39 is 0 Å². The summed E-state index contributed by atoms with van der Waals surface area (Å²) >= 11 is 0. The van der Waals surface area contributed by atoms with Gasteiger partial charge in [0.2, 0.25) is 0 Å². The van der Waals surface area contributed by atoms with Gasteiger partial charge in [0.1, 0.15) is 22.3 Å². The highest BCUT2D eigenvalue weighted by Gasteiger charge is 2.30. The summed E-state index contributed by atoms with van der Waals surface area (Å²) in [6.07, 6.45) is 0. The molecular formula is C52H26O2. The second kappa shape index (κ2) is 9.43. The van der Waals surface area contributed by atoms with Crippen LogP contribution in [0.1, 0.15) is 0 Å². The van der Waals surface area contributed by atoms with Crippen molar-refractivity contribution in [2.45, 2.75) is 0 Å². The fraction of sp³-hybridized carbons (Fsp3) is 0. The molecule has 14 rings (SSSR count). The average Bonchev–Trinajstić information content (AvgIpc) is 3.23. The van der Waals surface area contributed by atoms with E-state index in [1.807, 2.05) is 0 Å². The molecule has 0 spiro atoms. The molecule has 2 nitrogen and oxygen atoms in total. The zero-order valence-electron chi connectivity index (χ0n) is 28.8. The summed E-state index contributed by atoms with van der Waals surface area (Å²) in [5, 5.41) is 19.7. The third kappa shape index (κ3) is 3.25. The van der Waals surface area contributed by atoms with Crippen LogP contribution in [0, 0.1) is 0 Å². The van der Waals surface area contributed by atoms with Crippen molar-refractivity contribution in [1.29, 1.82) is 0 Å². The van der Waals surface area contributed by atoms with Crippen LogP contribution >= 0.6 is 0 Å². The number of rotatable bonds is 2. The maximum atomic E-state index is 7.12. The molecule has 0 saturated carbocycles. The first kappa shape index (κ1) is 27.5. The maximum Gasteiger partial charge on any atom is 0.136 e. The van der Waals surface area contributed by atoms with Gasteiger partial charge >= 0.3 is 0 Å². The van der Waals surface area contributed by atoms with Crippen LogP contribution in [0.5, 0.6) is 0 Å². The van der Waals surface area contributed by atoms with Crippen LogP contribution in [-0.4, -0.2) is 0 Å². The van der Waals surface area contributed by atoms with E-state index >= 15 is 0 Å². The van der Waals surface area contributed by atoms with Crippen molar-refractivity contribution in [3.63, 3.8) is 0 Å². The standard InChI is InChI=1S/C52H26O2/c1-3-9-27(10-4-1)31-21-29-13-7-15-33-35-17-19-41-49-47(35)39(37(23-31)45(29)33)25-43-51(49)52-44(54-41)26-40-38-24-32(28-11-5-2-6-12-28)22-30-14-8-16-34(46(30)38)36-18-20-42(53-43)50(52)48(36)40/h1-26H. The summed E-state index contributed by atoms with van der Waals surface area (Å²) in [4.78, 5) is 0. The highest BCUT2D eigenvalue weighted by Crippen LogP contribution is 2.55. The van der Waals surface area contributed by atoms with Gasteiger partial charge in [-0.1, -0.05) is 97.1 Å². The molecule has 12 aromatic rings. The molecule has 0 fully saturated rings. The minimum Gasteiger partial charge on any atom is -0.456 e. The molecule has 2 heteroatoms.